The molecular weight excluding hydrogens is 276 g/mol. The summed E-state index contributed by atoms with van der Waals surface area (Å²) < 4.78 is 1.37. The molecule has 4 aromatic rings. The smallest absolute Gasteiger partial charge is 0.0886 e. The van der Waals surface area contributed by atoms with Crippen molar-refractivity contribution in [3.8, 4) is 11.4 Å². The fraction of sp³-hybridized carbons (Fsp3) is 0. The monoisotopic (exact) mass is 290 g/mol. The van der Waals surface area contributed by atoms with Crippen LogP contribution in [0.2, 0.25) is 0 Å². The van der Waals surface area contributed by atoms with E-state index in [9.17, 15) is 0 Å². The minimum atomic E-state index is 0.915. The van der Waals surface area contributed by atoms with Gasteiger partial charge in [-0.3, -0.25) is 9.97 Å². The summed E-state index contributed by atoms with van der Waals surface area (Å²) in [4.78, 5) is 8.37. The molecule has 0 fully saturated rings. The van der Waals surface area contributed by atoms with Crippen molar-refractivity contribution in [3.63, 3.8) is 0 Å². The predicted octanol–water partition coefficient (Wildman–Crippen LogP) is 5.04. The normalized spacial score (nSPS) is 9.90. The second kappa shape index (κ2) is 6.77. The van der Waals surface area contributed by atoms with Crippen LogP contribution >= 0.6 is 11.3 Å². The Kier molecular flexibility index (Phi) is 4.34. The summed E-state index contributed by atoms with van der Waals surface area (Å²) in [5, 5.41) is 3.47. The fourth-order valence-corrected chi connectivity index (χ4v) is 2.73. The number of nitrogens with zero attached hydrogens (tertiary/aromatic N) is 2. The first-order chi connectivity index (χ1) is 10.4. The molecule has 2 nitrogen and oxygen atoms in total. The summed E-state index contributed by atoms with van der Waals surface area (Å²) in [6.07, 6.45) is 3.54. The van der Waals surface area contributed by atoms with Gasteiger partial charge >= 0.3 is 0 Å². The van der Waals surface area contributed by atoms with Crippen LogP contribution < -0.4 is 0 Å². The molecule has 3 heteroatoms. The van der Waals surface area contributed by atoms with Gasteiger partial charge in [0.2, 0.25) is 0 Å². The van der Waals surface area contributed by atoms with Crippen LogP contribution in [0.3, 0.4) is 0 Å². The van der Waals surface area contributed by atoms with Gasteiger partial charge in [0.1, 0.15) is 0 Å². The molecule has 3 heterocycles. The number of hydrogen-bond donors (Lipinski definition) is 0. The molecular formula is C18H14N2S. The molecule has 1 aromatic carbocycles. The molecule has 0 unspecified atom stereocenters. The Hall–Kier alpha value is -2.52. The highest BCUT2D eigenvalue weighted by Gasteiger charge is 1.95. The minimum absolute atomic E-state index is 0.915. The molecule has 4 rings (SSSR count). The van der Waals surface area contributed by atoms with Crippen molar-refractivity contribution >= 4 is 21.4 Å². The van der Waals surface area contributed by atoms with Gasteiger partial charge in [-0.05, 0) is 47.2 Å². The Labute approximate surface area is 127 Å². The van der Waals surface area contributed by atoms with E-state index in [-0.39, 0.29) is 0 Å². The number of fused-ring (bicyclic) bond motifs is 1. The van der Waals surface area contributed by atoms with Crippen LogP contribution in [0.1, 0.15) is 0 Å². The second-order valence-corrected chi connectivity index (χ2v) is 5.34. The van der Waals surface area contributed by atoms with Crippen molar-refractivity contribution in [1.82, 2.24) is 9.97 Å². The van der Waals surface area contributed by atoms with Crippen molar-refractivity contribution in [1.29, 1.82) is 0 Å². The standard InChI is InChI=1S/C10H8N2.C8H6S/c1-3-7-11-9(5-1)10-6-2-4-8-12-10;1-2-4-8-7(3-1)5-6-9-8/h1-8H;1-6H. The molecule has 0 saturated heterocycles. The maximum absolute atomic E-state index is 4.19. The first kappa shape index (κ1) is 13.5. The third kappa shape index (κ3) is 3.52. The lowest BCUT2D eigenvalue weighted by Gasteiger charge is -1.96. The number of rotatable bonds is 1. The lowest BCUT2D eigenvalue weighted by molar-refractivity contribution is 1.25. The zero-order valence-electron chi connectivity index (χ0n) is 11.4. The van der Waals surface area contributed by atoms with Crippen molar-refractivity contribution < 1.29 is 0 Å². The average molecular weight is 290 g/mol. The van der Waals surface area contributed by atoms with Gasteiger partial charge in [0, 0.05) is 17.1 Å². The molecule has 0 saturated carbocycles. The number of thiophene rings is 1. The molecule has 0 aliphatic rings. The number of benzene rings is 1. The largest absolute Gasteiger partial charge is 0.255 e. The van der Waals surface area contributed by atoms with E-state index in [0.717, 1.165) is 11.4 Å². The second-order valence-electron chi connectivity index (χ2n) is 4.39. The molecule has 0 aliphatic heterocycles. The van der Waals surface area contributed by atoms with Crippen LogP contribution in [0.5, 0.6) is 0 Å². The first-order valence-corrected chi connectivity index (χ1v) is 7.56. The minimum Gasteiger partial charge on any atom is -0.255 e. The summed E-state index contributed by atoms with van der Waals surface area (Å²) in [6.45, 7) is 0. The Morgan fingerprint density at radius 3 is 1.81 bits per heavy atom. The summed E-state index contributed by atoms with van der Waals surface area (Å²) in [5.41, 5.74) is 1.83. The van der Waals surface area contributed by atoms with Crippen LogP contribution in [-0.2, 0) is 0 Å². The molecule has 0 spiro atoms. The maximum atomic E-state index is 4.19. The van der Waals surface area contributed by atoms with Crippen LogP contribution in [-0.4, -0.2) is 9.97 Å². The van der Waals surface area contributed by atoms with E-state index in [4.69, 9.17) is 0 Å². The van der Waals surface area contributed by atoms with Crippen molar-refractivity contribution in [2.24, 2.45) is 0 Å². The number of pyridine rings is 2. The molecule has 0 aliphatic carbocycles. The van der Waals surface area contributed by atoms with Gasteiger partial charge in [0.25, 0.3) is 0 Å². The Balaban J connectivity index is 0.000000131. The van der Waals surface area contributed by atoms with Gasteiger partial charge < -0.3 is 0 Å². The van der Waals surface area contributed by atoms with E-state index in [2.05, 4.69) is 45.7 Å². The van der Waals surface area contributed by atoms with E-state index < -0.39 is 0 Å². The zero-order chi connectivity index (χ0) is 14.3. The van der Waals surface area contributed by atoms with Gasteiger partial charge in [-0.2, -0.15) is 0 Å². The third-order valence-electron chi connectivity index (χ3n) is 2.95. The summed E-state index contributed by atoms with van der Waals surface area (Å²) in [6, 6.07) is 22.1. The molecule has 3 aromatic heterocycles. The molecule has 21 heavy (non-hydrogen) atoms. The molecule has 0 radical (unpaired) electrons. The number of aromatic nitrogens is 2. The van der Waals surface area contributed by atoms with E-state index in [1.54, 1.807) is 23.7 Å². The zero-order valence-corrected chi connectivity index (χ0v) is 12.2. The Bertz CT molecular complexity index is 727. The Morgan fingerprint density at radius 1 is 0.619 bits per heavy atom. The summed E-state index contributed by atoms with van der Waals surface area (Å²) in [7, 11) is 0. The van der Waals surface area contributed by atoms with Crippen molar-refractivity contribution in [2.45, 2.75) is 0 Å². The maximum Gasteiger partial charge on any atom is 0.0886 e. The van der Waals surface area contributed by atoms with Crippen LogP contribution in [0, 0.1) is 0 Å². The van der Waals surface area contributed by atoms with Crippen molar-refractivity contribution in [2.75, 3.05) is 0 Å². The third-order valence-corrected chi connectivity index (χ3v) is 3.85. The van der Waals surface area contributed by atoms with Crippen LogP contribution in [0.25, 0.3) is 21.5 Å². The highest BCUT2D eigenvalue weighted by molar-refractivity contribution is 7.17. The molecule has 0 amide bonds. The van der Waals surface area contributed by atoms with Gasteiger partial charge in [-0.1, -0.05) is 30.3 Å². The van der Waals surface area contributed by atoms with E-state index in [1.807, 2.05) is 36.4 Å². The average Bonchev–Trinajstić information content (AvgIpc) is 3.06. The van der Waals surface area contributed by atoms with E-state index in [0.29, 0.717) is 0 Å². The Morgan fingerprint density at radius 2 is 1.24 bits per heavy atom. The van der Waals surface area contributed by atoms with Gasteiger partial charge in [-0.25, -0.2) is 0 Å². The van der Waals surface area contributed by atoms with E-state index in [1.165, 1.54) is 10.1 Å². The molecule has 0 bridgehead atoms. The van der Waals surface area contributed by atoms with Crippen LogP contribution in [0.4, 0.5) is 0 Å². The molecule has 0 N–H and O–H groups in total. The fourth-order valence-electron chi connectivity index (χ4n) is 1.93. The summed E-state index contributed by atoms with van der Waals surface area (Å²) >= 11 is 1.79. The van der Waals surface area contributed by atoms with Crippen molar-refractivity contribution in [3.05, 3.63) is 84.5 Å². The lowest BCUT2D eigenvalue weighted by atomic mass is 10.2. The van der Waals surface area contributed by atoms with Gasteiger partial charge in [0.05, 0.1) is 11.4 Å². The van der Waals surface area contributed by atoms with Gasteiger partial charge in [0.15, 0.2) is 0 Å². The molecule has 0 atom stereocenters. The topological polar surface area (TPSA) is 25.8 Å². The quantitative estimate of drug-likeness (QED) is 0.490. The number of hydrogen-bond acceptors (Lipinski definition) is 3. The summed E-state index contributed by atoms with van der Waals surface area (Å²) in [5.74, 6) is 0. The lowest BCUT2D eigenvalue weighted by Crippen LogP contribution is -1.83. The first-order valence-electron chi connectivity index (χ1n) is 6.68. The van der Waals surface area contributed by atoms with Gasteiger partial charge in [-0.15, -0.1) is 11.3 Å². The van der Waals surface area contributed by atoms with Crippen LogP contribution in [0.15, 0.2) is 84.5 Å². The SMILES string of the molecule is c1ccc(-c2ccccn2)nc1.c1ccc2sccc2c1. The van der Waals surface area contributed by atoms with E-state index >= 15 is 0 Å². The predicted molar refractivity (Wildman–Crippen MR) is 89.3 cm³/mol. The highest BCUT2D eigenvalue weighted by Crippen LogP contribution is 2.18. The molecule has 102 valence electrons. The highest BCUT2D eigenvalue weighted by atomic mass is 32.1.